The first kappa shape index (κ1) is 23.6. The highest BCUT2D eigenvalue weighted by Crippen LogP contribution is 2.40. The number of likely N-dealkylation sites (N-methyl/N-ethyl adjacent to an activating group) is 1. The lowest BCUT2D eigenvalue weighted by Crippen LogP contribution is -2.21. The Morgan fingerprint density at radius 2 is 1.91 bits per heavy atom. The van der Waals surface area contributed by atoms with Crippen molar-refractivity contribution in [3.8, 4) is 16.9 Å². The van der Waals surface area contributed by atoms with Crippen molar-refractivity contribution in [1.29, 1.82) is 0 Å². The van der Waals surface area contributed by atoms with Crippen LogP contribution in [0.2, 0.25) is 14.4 Å². The summed E-state index contributed by atoms with van der Waals surface area (Å²) in [5.74, 6) is -0.153. The van der Waals surface area contributed by atoms with Gasteiger partial charge in [0.25, 0.3) is 10.0 Å². The van der Waals surface area contributed by atoms with Crippen LogP contribution in [0.15, 0.2) is 46.7 Å². The normalized spacial score (nSPS) is 17.0. The first-order valence-electron chi connectivity index (χ1n) is 9.55. The molecular formula is C21H18Cl3FN2O3S2. The fourth-order valence-corrected chi connectivity index (χ4v) is 6.53. The van der Waals surface area contributed by atoms with Gasteiger partial charge in [-0.25, -0.2) is 12.8 Å². The fraction of sp³-hybridized carbons (Fsp3) is 0.238. The summed E-state index contributed by atoms with van der Waals surface area (Å²) in [6.07, 6.45) is 0.859. The lowest BCUT2D eigenvalue weighted by Gasteiger charge is -2.16. The molecule has 1 fully saturated rings. The number of sulfonamides is 1. The largest absolute Gasteiger partial charge is 0.487 e. The molecule has 0 saturated carbocycles. The molecule has 2 heterocycles. The van der Waals surface area contributed by atoms with E-state index in [0.717, 1.165) is 30.8 Å². The van der Waals surface area contributed by atoms with E-state index in [-0.39, 0.29) is 19.7 Å². The zero-order valence-electron chi connectivity index (χ0n) is 16.7. The highest BCUT2D eigenvalue weighted by Gasteiger charge is 2.24. The van der Waals surface area contributed by atoms with E-state index in [9.17, 15) is 12.8 Å². The molecular weight excluding hydrogens is 518 g/mol. The molecule has 0 unspecified atom stereocenters. The summed E-state index contributed by atoms with van der Waals surface area (Å²) in [6, 6.07) is 10.2. The third-order valence-corrected chi connectivity index (χ3v) is 8.80. The molecule has 0 amide bonds. The number of ether oxygens (including phenoxy) is 1. The van der Waals surface area contributed by atoms with Gasteiger partial charge < -0.3 is 9.64 Å². The van der Waals surface area contributed by atoms with E-state index >= 15 is 0 Å². The molecule has 3 aromatic rings. The molecule has 1 aliphatic heterocycles. The summed E-state index contributed by atoms with van der Waals surface area (Å²) in [5.41, 5.74) is 1.28. The van der Waals surface area contributed by atoms with Crippen LogP contribution in [0.4, 0.5) is 10.1 Å². The molecule has 0 bridgehead atoms. The van der Waals surface area contributed by atoms with Crippen molar-refractivity contribution in [1.82, 2.24) is 4.90 Å². The number of hydrogen-bond donors (Lipinski definition) is 1. The van der Waals surface area contributed by atoms with Gasteiger partial charge in [0.2, 0.25) is 0 Å². The highest BCUT2D eigenvalue weighted by atomic mass is 35.5. The van der Waals surface area contributed by atoms with E-state index in [1.54, 1.807) is 18.2 Å². The summed E-state index contributed by atoms with van der Waals surface area (Å²) < 4.78 is 48.2. The molecule has 1 saturated heterocycles. The lowest BCUT2D eigenvalue weighted by molar-refractivity contribution is 0.208. The first-order chi connectivity index (χ1) is 15.1. The van der Waals surface area contributed by atoms with Crippen LogP contribution in [0, 0.1) is 5.82 Å². The van der Waals surface area contributed by atoms with Crippen molar-refractivity contribution in [2.24, 2.45) is 0 Å². The highest BCUT2D eigenvalue weighted by molar-refractivity contribution is 7.94. The molecule has 1 aromatic heterocycles. The van der Waals surface area contributed by atoms with Crippen molar-refractivity contribution >= 4 is 61.9 Å². The number of benzene rings is 2. The number of nitrogens with zero attached hydrogens (tertiary/aromatic N) is 1. The average Bonchev–Trinajstić information content (AvgIpc) is 3.32. The van der Waals surface area contributed by atoms with Crippen LogP contribution in [0.3, 0.4) is 0 Å². The molecule has 1 N–H and O–H groups in total. The molecule has 5 nitrogen and oxygen atoms in total. The van der Waals surface area contributed by atoms with E-state index in [4.69, 9.17) is 39.5 Å². The van der Waals surface area contributed by atoms with E-state index in [0.29, 0.717) is 27.6 Å². The van der Waals surface area contributed by atoms with Crippen molar-refractivity contribution < 1.29 is 17.5 Å². The Bertz CT molecular complexity index is 1270. The quantitative estimate of drug-likeness (QED) is 0.397. The fourth-order valence-electron chi connectivity index (χ4n) is 3.37. The summed E-state index contributed by atoms with van der Waals surface area (Å²) in [4.78, 5) is 2.15. The summed E-state index contributed by atoms with van der Waals surface area (Å²) in [5, 5.41) is 0.326. The van der Waals surface area contributed by atoms with Gasteiger partial charge in [-0.05, 0) is 49.4 Å². The SMILES string of the molecule is CN1CC[C@@H](Oc2cc(NS(=O)(=O)c3cc(-c4ccc(F)c(Cl)c4)c(Cl)s3)ccc2Cl)C1. The smallest absolute Gasteiger partial charge is 0.271 e. The second-order valence-electron chi connectivity index (χ2n) is 7.42. The molecule has 0 radical (unpaired) electrons. The summed E-state index contributed by atoms with van der Waals surface area (Å²) >= 11 is 19.3. The molecule has 170 valence electrons. The van der Waals surface area contributed by atoms with Crippen LogP contribution < -0.4 is 9.46 Å². The maximum absolute atomic E-state index is 13.5. The van der Waals surface area contributed by atoms with Gasteiger partial charge in [0.15, 0.2) is 0 Å². The predicted molar refractivity (Wildman–Crippen MR) is 129 cm³/mol. The number of rotatable bonds is 6. The van der Waals surface area contributed by atoms with Gasteiger partial charge in [0, 0.05) is 24.7 Å². The zero-order valence-corrected chi connectivity index (χ0v) is 20.6. The van der Waals surface area contributed by atoms with E-state index < -0.39 is 15.8 Å². The lowest BCUT2D eigenvalue weighted by atomic mass is 10.1. The standard InChI is InChI=1S/C21H18Cl3FN2O3S2/c1-27-7-6-14(11-27)30-19-9-13(3-4-16(19)22)26-32(28,29)20-10-15(21(24)31-20)12-2-5-18(25)17(23)8-12/h2-5,8-10,14,26H,6-7,11H2,1H3/t14-/m1/s1. The van der Waals surface area contributed by atoms with Crippen LogP contribution in [0.1, 0.15) is 6.42 Å². The van der Waals surface area contributed by atoms with Crippen LogP contribution in [0.25, 0.3) is 11.1 Å². The van der Waals surface area contributed by atoms with E-state index in [1.165, 1.54) is 24.3 Å². The summed E-state index contributed by atoms with van der Waals surface area (Å²) in [7, 11) is -1.93. The molecule has 4 rings (SSSR count). The zero-order chi connectivity index (χ0) is 23.0. The van der Waals surface area contributed by atoms with Gasteiger partial charge in [0.1, 0.15) is 26.2 Å². The van der Waals surface area contributed by atoms with Crippen molar-refractivity contribution in [3.05, 3.63) is 62.7 Å². The number of anilines is 1. The topological polar surface area (TPSA) is 58.6 Å². The predicted octanol–water partition coefficient (Wildman–Crippen LogP) is 6.40. The molecule has 0 aliphatic carbocycles. The Hall–Kier alpha value is -1.55. The van der Waals surface area contributed by atoms with Gasteiger partial charge in [-0.2, -0.15) is 0 Å². The number of halogens is 4. The van der Waals surface area contributed by atoms with Gasteiger partial charge in [0.05, 0.1) is 15.7 Å². The minimum atomic E-state index is -3.94. The second-order valence-corrected chi connectivity index (χ2v) is 11.8. The van der Waals surface area contributed by atoms with Crippen molar-refractivity contribution in [2.45, 2.75) is 16.7 Å². The van der Waals surface area contributed by atoms with Gasteiger partial charge in [-0.1, -0.05) is 40.9 Å². The molecule has 32 heavy (non-hydrogen) atoms. The summed E-state index contributed by atoms with van der Waals surface area (Å²) in [6.45, 7) is 1.70. The maximum atomic E-state index is 13.5. The Kier molecular flexibility index (Phi) is 6.91. The van der Waals surface area contributed by atoms with Gasteiger partial charge in [-0.15, -0.1) is 11.3 Å². The third kappa shape index (κ3) is 5.16. The number of nitrogens with one attached hydrogen (secondary N) is 1. The molecule has 1 atom stereocenters. The van der Waals surface area contributed by atoms with Crippen LogP contribution >= 0.6 is 46.1 Å². The van der Waals surface area contributed by atoms with E-state index in [2.05, 4.69) is 9.62 Å². The van der Waals surface area contributed by atoms with E-state index in [1.807, 2.05) is 7.05 Å². The first-order valence-corrected chi connectivity index (χ1v) is 13.0. The minimum absolute atomic E-state index is 0.00721. The van der Waals surface area contributed by atoms with Crippen molar-refractivity contribution in [3.63, 3.8) is 0 Å². The number of likely N-dealkylation sites (tertiary alicyclic amines) is 1. The van der Waals surface area contributed by atoms with Crippen LogP contribution in [0.5, 0.6) is 5.75 Å². The number of thiophene rings is 1. The minimum Gasteiger partial charge on any atom is -0.487 e. The third-order valence-electron chi connectivity index (χ3n) is 4.98. The Balaban J connectivity index is 1.57. The maximum Gasteiger partial charge on any atom is 0.271 e. The van der Waals surface area contributed by atoms with Crippen molar-refractivity contribution in [2.75, 3.05) is 24.9 Å². The monoisotopic (exact) mass is 534 g/mol. The molecule has 11 heteroatoms. The van der Waals surface area contributed by atoms with Crippen LogP contribution in [-0.2, 0) is 10.0 Å². The Labute approximate surface area is 204 Å². The average molecular weight is 536 g/mol. The molecule has 2 aromatic carbocycles. The Morgan fingerprint density at radius 1 is 1.12 bits per heavy atom. The van der Waals surface area contributed by atoms with Crippen LogP contribution in [-0.4, -0.2) is 39.6 Å². The second kappa shape index (κ2) is 9.37. The molecule has 0 spiro atoms. The van der Waals surface area contributed by atoms with Gasteiger partial charge >= 0.3 is 0 Å². The Morgan fingerprint density at radius 3 is 2.59 bits per heavy atom. The number of hydrogen-bond acceptors (Lipinski definition) is 5. The van der Waals surface area contributed by atoms with Gasteiger partial charge in [-0.3, -0.25) is 4.72 Å². The molecule has 1 aliphatic rings.